The molecule has 0 aliphatic rings. The predicted octanol–water partition coefficient (Wildman–Crippen LogP) is 2.35. The molecular weight excluding hydrogens is 376 g/mol. The molecule has 0 unspecified atom stereocenters. The van der Waals surface area contributed by atoms with Gasteiger partial charge in [0.1, 0.15) is 11.4 Å². The second-order valence-electron chi connectivity index (χ2n) is 6.30. The smallest absolute Gasteiger partial charge is 0.266 e. The van der Waals surface area contributed by atoms with Gasteiger partial charge in [0, 0.05) is 12.6 Å². The van der Waals surface area contributed by atoms with Gasteiger partial charge in [-0.1, -0.05) is 12.1 Å². The minimum absolute atomic E-state index is 0.108. The van der Waals surface area contributed by atoms with E-state index in [0.29, 0.717) is 18.8 Å². The standard InChI is InChI=1S/C20H22N4O3S/c1-13-20(28-14(2)22-13)17-8-9-19(26)24(23-17)11-10-21-18(25)12-15-4-6-16(27-3)7-5-15/h4-9H,10-12H2,1-3H3,(H,21,25). The Bertz CT molecular complexity index is 1020. The molecule has 0 fully saturated rings. The number of benzene rings is 1. The van der Waals surface area contributed by atoms with Gasteiger partial charge in [0.05, 0.1) is 35.7 Å². The van der Waals surface area contributed by atoms with E-state index in [9.17, 15) is 9.59 Å². The van der Waals surface area contributed by atoms with Crippen molar-refractivity contribution in [2.24, 2.45) is 0 Å². The van der Waals surface area contributed by atoms with Crippen molar-refractivity contribution in [1.29, 1.82) is 0 Å². The van der Waals surface area contributed by atoms with Gasteiger partial charge in [-0.3, -0.25) is 9.59 Å². The number of nitrogens with one attached hydrogen (secondary N) is 1. The van der Waals surface area contributed by atoms with Crippen LogP contribution in [0.4, 0.5) is 0 Å². The molecule has 3 aromatic rings. The minimum atomic E-state index is -0.202. The van der Waals surface area contributed by atoms with Gasteiger partial charge >= 0.3 is 0 Å². The van der Waals surface area contributed by atoms with Gasteiger partial charge in [-0.15, -0.1) is 11.3 Å². The van der Waals surface area contributed by atoms with Crippen molar-refractivity contribution >= 4 is 17.2 Å². The number of aryl methyl sites for hydroxylation is 2. The molecule has 0 aliphatic heterocycles. The summed E-state index contributed by atoms with van der Waals surface area (Å²) in [6, 6.07) is 10.6. The van der Waals surface area contributed by atoms with Crippen molar-refractivity contribution in [3.8, 4) is 16.3 Å². The highest BCUT2D eigenvalue weighted by atomic mass is 32.1. The molecule has 28 heavy (non-hydrogen) atoms. The van der Waals surface area contributed by atoms with E-state index in [1.807, 2.05) is 38.1 Å². The summed E-state index contributed by atoms with van der Waals surface area (Å²) in [6.07, 6.45) is 0.270. The number of hydrogen-bond donors (Lipinski definition) is 1. The Balaban J connectivity index is 1.59. The number of thiazole rings is 1. The maximum Gasteiger partial charge on any atom is 0.266 e. The number of amides is 1. The lowest BCUT2D eigenvalue weighted by Gasteiger charge is -2.08. The molecule has 0 atom stereocenters. The van der Waals surface area contributed by atoms with Crippen LogP contribution in [0.2, 0.25) is 0 Å². The van der Waals surface area contributed by atoms with Gasteiger partial charge in [0.2, 0.25) is 5.91 Å². The van der Waals surface area contributed by atoms with E-state index in [1.54, 1.807) is 24.5 Å². The fourth-order valence-electron chi connectivity index (χ4n) is 2.79. The Morgan fingerprint density at radius 2 is 1.93 bits per heavy atom. The first-order valence-corrected chi connectivity index (χ1v) is 9.70. The fraction of sp³-hybridized carbons (Fsp3) is 0.300. The van der Waals surface area contributed by atoms with Gasteiger partial charge in [0.15, 0.2) is 0 Å². The largest absolute Gasteiger partial charge is 0.497 e. The number of nitrogens with zero attached hydrogens (tertiary/aromatic N) is 3. The molecule has 7 nitrogen and oxygen atoms in total. The molecule has 0 radical (unpaired) electrons. The first kappa shape index (κ1) is 19.8. The van der Waals surface area contributed by atoms with Crippen LogP contribution in [0.25, 0.3) is 10.6 Å². The summed E-state index contributed by atoms with van der Waals surface area (Å²) in [5.74, 6) is 0.643. The van der Waals surface area contributed by atoms with Crippen molar-refractivity contribution in [3.05, 3.63) is 63.0 Å². The van der Waals surface area contributed by atoms with E-state index < -0.39 is 0 Å². The Hall–Kier alpha value is -3.00. The normalized spacial score (nSPS) is 10.7. The van der Waals surface area contributed by atoms with Crippen LogP contribution >= 0.6 is 11.3 Å². The zero-order chi connectivity index (χ0) is 20.1. The molecule has 0 aliphatic carbocycles. The first-order valence-electron chi connectivity index (χ1n) is 8.88. The van der Waals surface area contributed by atoms with Gasteiger partial charge in [-0.2, -0.15) is 5.10 Å². The van der Waals surface area contributed by atoms with E-state index in [0.717, 1.165) is 26.9 Å². The highest BCUT2D eigenvalue weighted by Gasteiger charge is 2.11. The van der Waals surface area contributed by atoms with Gasteiger partial charge in [0.25, 0.3) is 5.56 Å². The summed E-state index contributed by atoms with van der Waals surface area (Å²) in [4.78, 5) is 29.6. The Kier molecular flexibility index (Phi) is 6.20. The lowest BCUT2D eigenvalue weighted by molar-refractivity contribution is -0.120. The van der Waals surface area contributed by atoms with Gasteiger partial charge < -0.3 is 10.1 Å². The molecular formula is C20H22N4O3S. The average molecular weight is 398 g/mol. The summed E-state index contributed by atoms with van der Waals surface area (Å²) >= 11 is 1.55. The third-order valence-corrected chi connectivity index (χ3v) is 5.27. The Morgan fingerprint density at radius 3 is 2.57 bits per heavy atom. The van der Waals surface area contributed by atoms with Crippen molar-refractivity contribution < 1.29 is 9.53 Å². The number of rotatable bonds is 7. The van der Waals surface area contributed by atoms with Crippen molar-refractivity contribution in [3.63, 3.8) is 0 Å². The molecule has 1 amide bonds. The van der Waals surface area contributed by atoms with Crippen LogP contribution in [-0.2, 0) is 17.8 Å². The molecule has 0 saturated heterocycles. The van der Waals surface area contributed by atoms with E-state index in [1.165, 1.54) is 10.7 Å². The van der Waals surface area contributed by atoms with E-state index in [-0.39, 0.29) is 17.9 Å². The molecule has 1 N–H and O–H groups in total. The monoisotopic (exact) mass is 398 g/mol. The quantitative estimate of drug-likeness (QED) is 0.660. The summed E-state index contributed by atoms with van der Waals surface area (Å²) in [5, 5.41) is 8.21. The molecule has 0 bridgehead atoms. The number of carbonyl (C=O) groups excluding carboxylic acids is 1. The summed E-state index contributed by atoms with van der Waals surface area (Å²) in [6.45, 7) is 4.49. The molecule has 0 saturated carbocycles. The summed E-state index contributed by atoms with van der Waals surface area (Å²) in [7, 11) is 1.60. The molecule has 146 valence electrons. The van der Waals surface area contributed by atoms with Crippen LogP contribution in [0.1, 0.15) is 16.3 Å². The SMILES string of the molecule is COc1ccc(CC(=O)NCCn2nc(-c3sc(C)nc3C)ccc2=O)cc1. The van der Waals surface area contributed by atoms with Gasteiger partial charge in [-0.25, -0.2) is 9.67 Å². The maximum absolute atomic E-state index is 12.1. The average Bonchev–Trinajstić information content (AvgIpc) is 3.02. The minimum Gasteiger partial charge on any atom is -0.497 e. The maximum atomic E-state index is 12.1. The Labute approximate surface area is 167 Å². The van der Waals surface area contributed by atoms with Crippen LogP contribution in [0, 0.1) is 13.8 Å². The zero-order valence-corrected chi connectivity index (χ0v) is 16.9. The summed E-state index contributed by atoms with van der Waals surface area (Å²) < 4.78 is 6.48. The van der Waals surface area contributed by atoms with E-state index in [4.69, 9.17) is 4.74 Å². The summed E-state index contributed by atoms with van der Waals surface area (Å²) in [5.41, 5.74) is 2.30. The van der Waals surface area contributed by atoms with Gasteiger partial charge in [-0.05, 0) is 37.6 Å². The number of hydrogen-bond acceptors (Lipinski definition) is 6. The number of carbonyl (C=O) groups is 1. The lowest BCUT2D eigenvalue weighted by atomic mass is 10.1. The molecule has 1 aromatic carbocycles. The van der Waals surface area contributed by atoms with Crippen LogP contribution in [0.5, 0.6) is 5.75 Å². The third kappa shape index (κ3) is 4.83. The van der Waals surface area contributed by atoms with Crippen molar-refractivity contribution in [2.75, 3.05) is 13.7 Å². The number of ether oxygens (including phenoxy) is 1. The topological polar surface area (TPSA) is 86.1 Å². The second kappa shape index (κ2) is 8.79. The number of aromatic nitrogens is 3. The molecule has 8 heteroatoms. The van der Waals surface area contributed by atoms with Crippen LogP contribution in [-0.4, -0.2) is 34.3 Å². The van der Waals surface area contributed by atoms with Crippen molar-refractivity contribution in [2.45, 2.75) is 26.8 Å². The molecule has 2 heterocycles. The molecule has 2 aromatic heterocycles. The van der Waals surface area contributed by atoms with E-state index >= 15 is 0 Å². The van der Waals surface area contributed by atoms with Crippen LogP contribution in [0.3, 0.4) is 0 Å². The predicted molar refractivity (Wildman–Crippen MR) is 109 cm³/mol. The first-order chi connectivity index (χ1) is 13.5. The third-order valence-electron chi connectivity index (χ3n) is 4.17. The molecule has 0 spiro atoms. The number of methoxy groups -OCH3 is 1. The fourth-order valence-corrected chi connectivity index (χ4v) is 3.68. The van der Waals surface area contributed by atoms with Crippen molar-refractivity contribution in [1.82, 2.24) is 20.1 Å². The second-order valence-corrected chi connectivity index (χ2v) is 7.51. The van der Waals surface area contributed by atoms with Crippen LogP contribution in [0.15, 0.2) is 41.2 Å². The van der Waals surface area contributed by atoms with E-state index in [2.05, 4.69) is 15.4 Å². The molecule has 3 rings (SSSR count). The Morgan fingerprint density at radius 1 is 1.18 bits per heavy atom. The zero-order valence-electron chi connectivity index (χ0n) is 16.1. The highest BCUT2D eigenvalue weighted by Crippen LogP contribution is 2.27. The lowest BCUT2D eigenvalue weighted by Crippen LogP contribution is -2.32. The van der Waals surface area contributed by atoms with Crippen LogP contribution < -0.4 is 15.6 Å². The highest BCUT2D eigenvalue weighted by molar-refractivity contribution is 7.15.